The summed E-state index contributed by atoms with van der Waals surface area (Å²) >= 11 is 0. The summed E-state index contributed by atoms with van der Waals surface area (Å²) in [5.41, 5.74) is 2.10. The third-order valence-electron chi connectivity index (χ3n) is 4.19. The van der Waals surface area contributed by atoms with Crippen LogP contribution in [-0.4, -0.2) is 30.6 Å². The summed E-state index contributed by atoms with van der Waals surface area (Å²) in [6.07, 6.45) is 2.30. The van der Waals surface area contributed by atoms with Crippen molar-refractivity contribution in [2.24, 2.45) is 0 Å². The average molecular weight is 370 g/mol. The highest BCUT2D eigenvalue weighted by atomic mass is 16.5. The average Bonchev–Trinajstić information content (AvgIpc) is 2.68. The number of ether oxygens (including phenoxy) is 2. The van der Waals surface area contributed by atoms with E-state index < -0.39 is 0 Å². The first-order valence-electron chi connectivity index (χ1n) is 9.88. The predicted molar refractivity (Wildman–Crippen MR) is 109 cm³/mol. The molecule has 0 bridgehead atoms. The van der Waals surface area contributed by atoms with Gasteiger partial charge in [0.2, 0.25) is 5.91 Å². The fraction of sp³-hybridized carbons (Fsp3) is 0.435. The maximum Gasteiger partial charge on any atom is 0.227 e. The molecule has 2 aromatic rings. The molecule has 0 aliphatic rings. The van der Waals surface area contributed by atoms with E-state index in [0.29, 0.717) is 26.2 Å². The number of carbonyl (C=O) groups is 1. The molecule has 0 spiro atoms. The fourth-order valence-corrected chi connectivity index (χ4v) is 2.91. The summed E-state index contributed by atoms with van der Waals surface area (Å²) in [7, 11) is 0. The van der Waals surface area contributed by atoms with Crippen molar-refractivity contribution in [3.8, 4) is 11.5 Å². The first-order chi connectivity index (χ1) is 13.2. The molecule has 27 heavy (non-hydrogen) atoms. The largest absolute Gasteiger partial charge is 0.490 e. The van der Waals surface area contributed by atoms with Crippen molar-refractivity contribution < 1.29 is 14.3 Å². The van der Waals surface area contributed by atoms with E-state index in [2.05, 4.69) is 13.8 Å². The summed E-state index contributed by atoms with van der Waals surface area (Å²) in [5.74, 6) is 1.66. The topological polar surface area (TPSA) is 38.8 Å². The van der Waals surface area contributed by atoms with E-state index in [0.717, 1.165) is 42.0 Å². The van der Waals surface area contributed by atoms with Gasteiger partial charge in [-0.1, -0.05) is 50.2 Å². The van der Waals surface area contributed by atoms with Gasteiger partial charge in [-0.3, -0.25) is 4.79 Å². The Balaban J connectivity index is 2.12. The van der Waals surface area contributed by atoms with Crippen LogP contribution < -0.4 is 9.47 Å². The van der Waals surface area contributed by atoms with E-state index in [1.54, 1.807) is 0 Å². The van der Waals surface area contributed by atoms with Crippen LogP contribution in [0.3, 0.4) is 0 Å². The second-order valence-corrected chi connectivity index (χ2v) is 6.54. The zero-order valence-electron chi connectivity index (χ0n) is 16.7. The van der Waals surface area contributed by atoms with Gasteiger partial charge in [0.15, 0.2) is 11.5 Å². The molecule has 0 radical (unpaired) electrons. The number of rotatable bonds is 11. The number of carbonyl (C=O) groups excluding carboxylic acids is 1. The van der Waals surface area contributed by atoms with Gasteiger partial charge >= 0.3 is 0 Å². The summed E-state index contributed by atoms with van der Waals surface area (Å²) in [4.78, 5) is 14.7. The van der Waals surface area contributed by atoms with Gasteiger partial charge in [-0.2, -0.15) is 0 Å². The molecule has 0 aliphatic heterocycles. The van der Waals surface area contributed by atoms with Gasteiger partial charge in [-0.15, -0.1) is 0 Å². The maximum absolute atomic E-state index is 12.8. The minimum absolute atomic E-state index is 0.146. The summed E-state index contributed by atoms with van der Waals surface area (Å²) < 4.78 is 11.5. The number of hydrogen-bond acceptors (Lipinski definition) is 3. The highest BCUT2D eigenvalue weighted by Crippen LogP contribution is 2.29. The highest BCUT2D eigenvalue weighted by molar-refractivity contribution is 5.78. The lowest BCUT2D eigenvalue weighted by Crippen LogP contribution is -2.32. The van der Waals surface area contributed by atoms with E-state index in [1.807, 2.05) is 60.4 Å². The zero-order valence-corrected chi connectivity index (χ0v) is 16.7. The van der Waals surface area contributed by atoms with Crippen LogP contribution in [0, 0.1) is 0 Å². The summed E-state index contributed by atoms with van der Waals surface area (Å²) in [6.45, 7) is 8.70. The van der Waals surface area contributed by atoms with Crippen molar-refractivity contribution in [3.05, 3.63) is 59.7 Å². The van der Waals surface area contributed by atoms with Crippen LogP contribution in [0.2, 0.25) is 0 Å². The molecule has 146 valence electrons. The van der Waals surface area contributed by atoms with Crippen molar-refractivity contribution in [2.75, 3.05) is 19.8 Å². The molecule has 2 aromatic carbocycles. The van der Waals surface area contributed by atoms with Crippen LogP contribution in [0.4, 0.5) is 0 Å². The van der Waals surface area contributed by atoms with Crippen LogP contribution in [0.15, 0.2) is 48.5 Å². The molecule has 0 fully saturated rings. The molecule has 0 aromatic heterocycles. The smallest absolute Gasteiger partial charge is 0.227 e. The number of nitrogens with zero attached hydrogens (tertiary/aromatic N) is 1. The predicted octanol–water partition coefficient (Wildman–Crippen LogP) is 4.86. The Morgan fingerprint density at radius 2 is 1.67 bits per heavy atom. The molecule has 0 saturated carbocycles. The number of hydrogen-bond donors (Lipinski definition) is 0. The molecule has 0 saturated heterocycles. The fourth-order valence-electron chi connectivity index (χ4n) is 2.91. The Morgan fingerprint density at radius 1 is 0.889 bits per heavy atom. The maximum atomic E-state index is 12.8. The zero-order chi connectivity index (χ0) is 19.5. The molecule has 0 unspecified atom stereocenters. The van der Waals surface area contributed by atoms with Crippen LogP contribution in [0.1, 0.15) is 44.7 Å². The lowest BCUT2D eigenvalue weighted by molar-refractivity contribution is -0.131. The van der Waals surface area contributed by atoms with Crippen LogP contribution in [0.5, 0.6) is 11.5 Å². The second kappa shape index (κ2) is 11.3. The normalized spacial score (nSPS) is 10.5. The van der Waals surface area contributed by atoms with Crippen molar-refractivity contribution in [1.29, 1.82) is 0 Å². The molecule has 0 atom stereocenters. The molecule has 0 N–H and O–H groups in total. The van der Waals surface area contributed by atoms with E-state index in [4.69, 9.17) is 9.47 Å². The monoisotopic (exact) mass is 369 g/mol. The first-order valence-corrected chi connectivity index (χ1v) is 9.88. The number of benzene rings is 2. The van der Waals surface area contributed by atoms with E-state index in [1.165, 1.54) is 0 Å². The van der Waals surface area contributed by atoms with E-state index in [-0.39, 0.29) is 5.91 Å². The minimum Gasteiger partial charge on any atom is -0.490 e. The standard InChI is InChI=1S/C23H31NO3/c1-4-14-24(23(25)17-19-10-8-7-9-11-19)18-20-12-13-21(27-15-5-2)22(16-20)26-6-3/h7-13,16H,4-6,14-15,17-18H2,1-3H3. The minimum atomic E-state index is 0.146. The Bertz CT molecular complexity index is 700. The lowest BCUT2D eigenvalue weighted by atomic mass is 10.1. The molecule has 0 aliphatic carbocycles. The van der Waals surface area contributed by atoms with Gasteiger partial charge in [-0.05, 0) is 43.0 Å². The van der Waals surface area contributed by atoms with Gasteiger partial charge in [0.25, 0.3) is 0 Å². The third-order valence-corrected chi connectivity index (χ3v) is 4.19. The summed E-state index contributed by atoms with van der Waals surface area (Å²) in [6, 6.07) is 15.9. The molecule has 0 heterocycles. The Morgan fingerprint density at radius 3 is 2.33 bits per heavy atom. The highest BCUT2D eigenvalue weighted by Gasteiger charge is 2.15. The molecule has 4 nitrogen and oxygen atoms in total. The van der Waals surface area contributed by atoms with Gasteiger partial charge in [-0.25, -0.2) is 0 Å². The summed E-state index contributed by atoms with van der Waals surface area (Å²) in [5, 5.41) is 0. The van der Waals surface area contributed by atoms with E-state index >= 15 is 0 Å². The van der Waals surface area contributed by atoms with Crippen molar-refractivity contribution >= 4 is 5.91 Å². The SMILES string of the molecule is CCCOc1ccc(CN(CCC)C(=O)Cc2ccccc2)cc1OCC. The lowest BCUT2D eigenvalue weighted by Gasteiger charge is -2.23. The Hall–Kier alpha value is -2.49. The van der Waals surface area contributed by atoms with Gasteiger partial charge in [0.05, 0.1) is 19.6 Å². The van der Waals surface area contributed by atoms with Crippen molar-refractivity contribution in [3.63, 3.8) is 0 Å². The van der Waals surface area contributed by atoms with Gasteiger partial charge < -0.3 is 14.4 Å². The quantitative estimate of drug-likeness (QED) is 0.568. The van der Waals surface area contributed by atoms with E-state index in [9.17, 15) is 4.79 Å². The molecular weight excluding hydrogens is 338 g/mol. The second-order valence-electron chi connectivity index (χ2n) is 6.54. The van der Waals surface area contributed by atoms with Gasteiger partial charge in [0, 0.05) is 13.1 Å². The molecular formula is C23H31NO3. The Kier molecular flexibility index (Phi) is 8.69. The van der Waals surface area contributed by atoms with Crippen LogP contribution in [-0.2, 0) is 17.8 Å². The van der Waals surface area contributed by atoms with Crippen LogP contribution >= 0.6 is 0 Å². The molecule has 2 rings (SSSR count). The van der Waals surface area contributed by atoms with Crippen molar-refractivity contribution in [2.45, 2.75) is 46.6 Å². The molecule has 1 amide bonds. The molecule has 4 heteroatoms. The number of amides is 1. The third kappa shape index (κ3) is 6.63. The van der Waals surface area contributed by atoms with Crippen molar-refractivity contribution in [1.82, 2.24) is 4.90 Å². The Labute approximate surface area is 163 Å². The van der Waals surface area contributed by atoms with Gasteiger partial charge in [0.1, 0.15) is 0 Å². The first kappa shape index (κ1) is 20.8. The van der Waals surface area contributed by atoms with Crippen LogP contribution in [0.25, 0.3) is 0 Å².